The average molecular weight is 372 g/mol. The zero-order valence-corrected chi connectivity index (χ0v) is 16.2. The van der Waals surface area contributed by atoms with Crippen LogP contribution < -0.4 is 10.2 Å². The van der Waals surface area contributed by atoms with Crippen molar-refractivity contribution in [3.8, 4) is 0 Å². The number of rotatable bonds is 6. The van der Waals surface area contributed by atoms with Gasteiger partial charge in [-0.15, -0.1) is 0 Å². The van der Waals surface area contributed by atoms with Crippen molar-refractivity contribution in [3.05, 3.63) is 95.6 Å². The number of hydrogen-bond acceptors (Lipinski definition) is 2. The predicted molar refractivity (Wildman–Crippen MR) is 113 cm³/mol. The van der Waals surface area contributed by atoms with Crippen molar-refractivity contribution in [2.24, 2.45) is 0 Å². The fraction of sp³-hybridized carbons (Fsp3) is 0.167. The Morgan fingerprint density at radius 2 is 1.43 bits per heavy atom. The van der Waals surface area contributed by atoms with Crippen LogP contribution in [0.15, 0.2) is 78.9 Å². The molecule has 1 N–H and O–H groups in total. The van der Waals surface area contributed by atoms with Gasteiger partial charge in [0.1, 0.15) is 0 Å². The summed E-state index contributed by atoms with van der Waals surface area (Å²) < 4.78 is 0. The molecule has 0 aliphatic heterocycles. The minimum Gasteiger partial charge on any atom is -0.343 e. The Bertz CT molecular complexity index is 967. The molecule has 0 heterocycles. The summed E-state index contributed by atoms with van der Waals surface area (Å²) in [6.07, 6.45) is 0.808. The van der Waals surface area contributed by atoms with Crippen LogP contribution in [-0.4, -0.2) is 18.4 Å². The Morgan fingerprint density at radius 1 is 0.821 bits per heavy atom. The van der Waals surface area contributed by atoms with E-state index in [0.29, 0.717) is 5.56 Å². The smallest absolute Gasteiger partial charge is 0.251 e. The fourth-order valence-electron chi connectivity index (χ4n) is 3.17. The number of amides is 2. The molecule has 3 rings (SSSR count). The molecule has 0 saturated heterocycles. The van der Waals surface area contributed by atoms with Gasteiger partial charge in [-0.25, -0.2) is 0 Å². The second-order valence-electron chi connectivity index (χ2n) is 6.55. The summed E-state index contributed by atoms with van der Waals surface area (Å²) in [6.45, 7) is 3.96. The van der Waals surface area contributed by atoms with Crippen LogP contribution in [0.5, 0.6) is 0 Å². The summed E-state index contributed by atoms with van der Waals surface area (Å²) in [5, 5.41) is 2.75. The molecule has 2 amide bonds. The first-order valence-corrected chi connectivity index (χ1v) is 9.41. The molecule has 4 nitrogen and oxygen atoms in total. The van der Waals surface area contributed by atoms with Gasteiger partial charge < -0.3 is 5.32 Å². The first-order chi connectivity index (χ1) is 13.6. The summed E-state index contributed by atoms with van der Waals surface area (Å²) in [5.74, 6) is -0.443. The van der Waals surface area contributed by atoms with Crippen molar-refractivity contribution >= 4 is 23.2 Å². The molecule has 0 aliphatic carbocycles. The van der Waals surface area contributed by atoms with Crippen LogP contribution in [-0.2, 0) is 11.2 Å². The Kier molecular flexibility index (Phi) is 6.22. The van der Waals surface area contributed by atoms with Crippen molar-refractivity contribution in [1.29, 1.82) is 0 Å². The van der Waals surface area contributed by atoms with Crippen LogP contribution in [0.3, 0.4) is 0 Å². The van der Waals surface area contributed by atoms with Crippen molar-refractivity contribution in [3.63, 3.8) is 0 Å². The van der Waals surface area contributed by atoms with Gasteiger partial charge in [-0.3, -0.25) is 14.5 Å². The summed E-state index contributed by atoms with van der Waals surface area (Å²) in [7, 11) is 0. The van der Waals surface area contributed by atoms with E-state index < -0.39 is 0 Å². The highest BCUT2D eigenvalue weighted by molar-refractivity contribution is 6.05. The number of nitrogens with one attached hydrogen (secondary N) is 1. The maximum atomic E-state index is 13.2. The quantitative estimate of drug-likeness (QED) is 0.685. The van der Waals surface area contributed by atoms with Gasteiger partial charge in [-0.1, -0.05) is 61.5 Å². The Hall–Kier alpha value is -3.40. The number of para-hydroxylation sites is 2. The van der Waals surface area contributed by atoms with E-state index in [9.17, 15) is 9.59 Å². The maximum Gasteiger partial charge on any atom is 0.251 e. The van der Waals surface area contributed by atoms with Gasteiger partial charge in [-0.05, 0) is 48.7 Å². The van der Waals surface area contributed by atoms with Crippen LogP contribution in [0.2, 0.25) is 0 Å². The molecule has 0 atom stereocenters. The number of hydrogen-bond donors (Lipinski definition) is 1. The maximum absolute atomic E-state index is 13.2. The van der Waals surface area contributed by atoms with E-state index in [4.69, 9.17) is 0 Å². The van der Waals surface area contributed by atoms with Crippen molar-refractivity contribution in [2.75, 3.05) is 11.4 Å². The summed E-state index contributed by atoms with van der Waals surface area (Å²) in [5.41, 5.74) is 4.27. The molecule has 28 heavy (non-hydrogen) atoms. The number of carbonyl (C=O) groups is 2. The lowest BCUT2D eigenvalue weighted by atomic mass is 10.1. The van der Waals surface area contributed by atoms with Gasteiger partial charge in [0, 0.05) is 5.56 Å². The third-order valence-electron chi connectivity index (χ3n) is 4.66. The normalized spacial score (nSPS) is 10.4. The number of benzene rings is 3. The highest BCUT2D eigenvalue weighted by atomic mass is 16.2. The number of aryl methyl sites for hydroxylation is 2. The SMILES string of the molecule is CCc1ccccc1N(C(=O)CNC(=O)c1ccccc1)c1ccccc1C. The van der Waals surface area contributed by atoms with E-state index >= 15 is 0 Å². The second-order valence-corrected chi connectivity index (χ2v) is 6.55. The lowest BCUT2D eigenvalue weighted by molar-refractivity contribution is -0.117. The summed E-state index contributed by atoms with van der Waals surface area (Å²) in [4.78, 5) is 27.3. The highest BCUT2D eigenvalue weighted by Crippen LogP contribution is 2.31. The van der Waals surface area contributed by atoms with E-state index in [-0.39, 0.29) is 18.4 Å². The van der Waals surface area contributed by atoms with Crippen molar-refractivity contribution in [1.82, 2.24) is 5.32 Å². The van der Waals surface area contributed by atoms with Gasteiger partial charge in [-0.2, -0.15) is 0 Å². The summed E-state index contributed by atoms with van der Waals surface area (Å²) >= 11 is 0. The van der Waals surface area contributed by atoms with E-state index in [1.807, 2.05) is 61.5 Å². The molecular formula is C24H24N2O2. The molecule has 0 saturated carbocycles. The van der Waals surface area contributed by atoms with Gasteiger partial charge in [0.05, 0.1) is 17.9 Å². The average Bonchev–Trinajstić information content (AvgIpc) is 2.74. The molecule has 142 valence electrons. The van der Waals surface area contributed by atoms with E-state index in [1.54, 1.807) is 29.2 Å². The Labute approximate surface area is 165 Å². The van der Waals surface area contributed by atoms with Crippen LogP contribution in [0.4, 0.5) is 11.4 Å². The molecule has 0 radical (unpaired) electrons. The molecule has 0 aromatic heterocycles. The third-order valence-corrected chi connectivity index (χ3v) is 4.66. The molecule has 4 heteroatoms. The standard InChI is InChI=1S/C24H24N2O2/c1-3-19-12-8-10-16-22(19)26(21-15-9-7-11-18(21)2)23(27)17-25-24(28)20-13-5-4-6-14-20/h4-16H,3,17H2,1-2H3,(H,25,28). The molecule has 0 spiro atoms. The third kappa shape index (κ3) is 4.29. The first kappa shape index (κ1) is 19.4. The van der Waals surface area contributed by atoms with Crippen LogP contribution in [0.25, 0.3) is 0 Å². The van der Waals surface area contributed by atoms with E-state index in [1.165, 1.54) is 0 Å². The van der Waals surface area contributed by atoms with Crippen LogP contribution in [0.1, 0.15) is 28.4 Å². The predicted octanol–water partition coefficient (Wildman–Crippen LogP) is 4.65. The molecule has 3 aromatic carbocycles. The fourth-order valence-corrected chi connectivity index (χ4v) is 3.17. The topological polar surface area (TPSA) is 49.4 Å². The molecule has 0 fully saturated rings. The first-order valence-electron chi connectivity index (χ1n) is 9.41. The van der Waals surface area contributed by atoms with Gasteiger partial charge in [0.25, 0.3) is 11.8 Å². The van der Waals surface area contributed by atoms with Gasteiger partial charge in [0.2, 0.25) is 0 Å². The Morgan fingerprint density at radius 3 is 2.11 bits per heavy atom. The van der Waals surface area contributed by atoms with Crippen LogP contribution >= 0.6 is 0 Å². The number of carbonyl (C=O) groups excluding carboxylic acids is 2. The number of anilines is 2. The minimum atomic E-state index is -0.262. The largest absolute Gasteiger partial charge is 0.343 e. The zero-order chi connectivity index (χ0) is 19.9. The zero-order valence-electron chi connectivity index (χ0n) is 16.2. The number of nitrogens with zero attached hydrogens (tertiary/aromatic N) is 1. The van der Waals surface area contributed by atoms with Crippen molar-refractivity contribution < 1.29 is 9.59 Å². The van der Waals surface area contributed by atoms with E-state index in [0.717, 1.165) is 28.9 Å². The van der Waals surface area contributed by atoms with Gasteiger partial charge >= 0.3 is 0 Å². The highest BCUT2D eigenvalue weighted by Gasteiger charge is 2.22. The van der Waals surface area contributed by atoms with Crippen LogP contribution in [0, 0.1) is 6.92 Å². The summed E-state index contributed by atoms with van der Waals surface area (Å²) in [6, 6.07) is 24.5. The lowest BCUT2D eigenvalue weighted by Gasteiger charge is -2.27. The molecule has 0 bridgehead atoms. The molecule has 0 aliphatic rings. The lowest BCUT2D eigenvalue weighted by Crippen LogP contribution is -2.38. The van der Waals surface area contributed by atoms with E-state index in [2.05, 4.69) is 12.2 Å². The second kappa shape index (κ2) is 9.00. The van der Waals surface area contributed by atoms with Gasteiger partial charge in [0.15, 0.2) is 0 Å². The van der Waals surface area contributed by atoms with Crippen molar-refractivity contribution in [2.45, 2.75) is 20.3 Å². The Balaban J connectivity index is 1.90. The molecule has 0 unspecified atom stereocenters. The molecule has 3 aromatic rings. The monoisotopic (exact) mass is 372 g/mol. The minimum absolute atomic E-state index is 0.0832. The molecular weight excluding hydrogens is 348 g/mol.